The zero-order valence-corrected chi connectivity index (χ0v) is 8.25. The van der Waals surface area contributed by atoms with Crippen molar-refractivity contribution in [3.63, 3.8) is 0 Å². The predicted molar refractivity (Wildman–Crippen MR) is 54.4 cm³/mol. The van der Waals surface area contributed by atoms with Crippen LogP contribution in [0.1, 0.15) is 27.6 Å². The Hall–Kier alpha value is -0.450. The van der Waals surface area contributed by atoms with Crippen molar-refractivity contribution in [1.29, 1.82) is 0 Å². The molecule has 0 aromatic carbocycles. The van der Waals surface area contributed by atoms with Crippen molar-refractivity contribution in [1.82, 2.24) is 5.32 Å². The minimum absolute atomic E-state index is 0.124. The molecule has 0 fully saturated rings. The van der Waals surface area contributed by atoms with Gasteiger partial charge in [0.1, 0.15) is 0 Å². The monoisotopic (exact) mass is 188 g/mol. The van der Waals surface area contributed by atoms with E-state index in [9.17, 15) is 4.79 Å². The van der Waals surface area contributed by atoms with E-state index >= 15 is 0 Å². The number of nitrogens with one attached hydrogen (secondary N) is 1. The molecule has 4 nitrogen and oxygen atoms in total. The summed E-state index contributed by atoms with van der Waals surface area (Å²) in [6, 6.07) is -0.596. The van der Waals surface area contributed by atoms with Gasteiger partial charge in [-0.05, 0) is 12.9 Å². The maximum absolute atomic E-state index is 11.2. The van der Waals surface area contributed by atoms with E-state index in [1.165, 1.54) is 0 Å². The van der Waals surface area contributed by atoms with Gasteiger partial charge >= 0.3 is 0 Å². The molecular formula is C9H21N3O. The van der Waals surface area contributed by atoms with E-state index in [2.05, 4.69) is 12.2 Å². The summed E-state index contributed by atoms with van der Waals surface area (Å²) in [4.78, 5) is 11.2. The summed E-state index contributed by atoms with van der Waals surface area (Å²) in [6.45, 7) is 2.01. The van der Waals surface area contributed by atoms with Crippen LogP contribution in [-0.2, 0) is 4.79 Å². The van der Waals surface area contributed by atoms with E-state index in [1.54, 1.807) is 0 Å². The van der Waals surface area contributed by atoms with Crippen LogP contribution in [0.25, 0.3) is 0 Å². The fourth-order valence-electron chi connectivity index (χ4n) is 0.844. The van der Waals surface area contributed by atoms with Crippen LogP contribution in [0.4, 0.5) is 0 Å². The summed E-state index contributed by atoms with van der Waals surface area (Å²) in [6.07, 6.45) is 2.83. The van der Waals surface area contributed by atoms with Crippen molar-refractivity contribution in [2.75, 3.05) is 19.6 Å². The first-order valence-electron chi connectivity index (χ1n) is 5.33. The number of nitrogens with two attached hydrogens (primary N) is 2. The molecule has 0 aromatic rings. The molecule has 0 aliphatic carbocycles. The fraction of sp³-hybridized carbons (Fsp3) is 0.889. The molecule has 0 heterocycles. The molecule has 4 heteroatoms. The minimum Gasteiger partial charge on any atom is -0.328 e. The van der Waals surface area contributed by atoms with Crippen molar-refractivity contribution in [2.24, 2.45) is 11.5 Å². The summed E-state index contributed by atoms with van der Waals surface area (Å²) < 4.78 is 7.53. The van der Waals surface area contributed by atoms with Gasteiger partial charge in [-0.15, -0.1) is 0 Å². The molecule has 0 saturated heterocycles. The third-order valence-corrected chi connectivity index (χ3v) is 1.79. The molecule has 0 rings (SSSR count). The summed E-state index contributed by atoms with van der Waals surface area (Å²) in [5.74, 6) is -0.124. The maximum atomic E-state index is 11.2. The summed E-state index contributed by atoms with van der Waals surface area (Å²) in [5.41, 5.74) is 10.7. The van der Waals surface area contributed by atoms with E-state index < -0.39 is 6.04 Å². The Labute approximate surface area is 81.5 Å². The predicted octanol–water partition coefficient (Wildman–Crippen LogP) is -0.379. The number of carbonyl (C=O) groups is 1. The van der Waals surface area contributed by atoms with Crippen LogP contribution in [0.3, 0.4) is 0 Å². The lowest BCUT2D eigenvalue weighted by Gasteiger charge is -2.08. The molecule has 0 bridgehead atoms. The average Bonchev–Trinajstić information content (AvgIpc) is 2.21. The molecule has 2 atom stereocenters. The molecular weight excluding hydrogens is 166 g/mol. The highest BCUT2D eigenvalue weighted by molar-refractivity contribution is 5.85. The molecule has 0 radical (unpaired) electrons. The SMILES string of the molecule is [2H]C(CCCC)NCC(=O)[C@H](N)CN. The Bertz CT molecular complexity index is 166. The number of unbranched alkanes of at least 4 members (excludes halogenated alkanes) is 1. The van der Waals surface area contributed by atoms with Gasteiger partial charge in [0.2, 0.25) is 0 Å². The van der Waals surface area contributed by atoms with Gasteiger partial charge in [-0.2, -0.15) is 0 Å². The van der Waals surface area contributed by atoms with E-state index in [4.69, 9.17) is 12.8 Å². The molecule has 13 heavy (non-hydrogen) atoms. The second-order valence-corrected chi connectivity index (χ2v) is 3.04. The summed E-state index contributed by atoms with van der Waals surface area (Å²) in [7, 11) is 0. The standard InChI is InChI=1S/C9H21N3O/c1-2-3-4-5-12-7-9(13)8(11)6-10/h8,12H,2-7,10-11H2,1H3/t8-/m1/s1/i5D/t5?,8-. The van der Waals surface area contributed by atoms with Gasteiger partial charge in [-0.25, -0.2) is 0 Å². The van der Waals surface area contributed by atoms with Crippen LogP contribution in [0.2, 0.25) is 0 Å². The van der Waals surface area contributed by atoms with E-state index in [0.29, 0.717) is 0 Å². The first kappa shape index (κ1) is 10.6. The average molecular weight is 188 g/mol. The van der Waals surface area contributed by atoms with Crippen LogP contribution in [0.15, 0.2) is 0 Å². The van der Waals surface area contributed by atoms with Crippen molar-refractivity contribution in [3.05, 3.63) is 0 Å². The molecule has 0 aromatic heterocycles. The lowest BCUT2D eigenvalue weighted by atomic mass is 10.2. The minimum atomic E-state index is -0.596. The topological polar surface area (TPSA) is 81.1 Å². The van der Waals surface area contributed by atoms with Crippen LogP contribution in [-0.4, -0.2) is 31.4 Å². The zero-order chi connectivity index (χ0) is 11.0. The van der Waals surface area contributed by atoms with Crippen LogP contribution >= 0.6 is 0 Å². The third kappa shape index (κ3) is 6.69. The van der Waals surface area contributed by atoms with Crippen molar-refractivity contribution in [3.8, 4) is 0 Å². The van der Waals surface area contributed by atoms with Crippen molar-refractivity contribution >= 4 is 5.78 Å². The normalized spacial score (nSPS) is 16.4. The zero-order valence-electron chi connectivity index (χ0n) is 9.25. The van der Waals surface area contributed by atoms with Crippen LogP contribution < -0.4 is 16.8 Å². The number of hydrogen-bond acceptors (Lipinski definition) is 4. The Balaban J connectivity index is 3.55. The highest BCUT2D eigenvalue weighted by atomic mass is 16.1. The second-order valence-electron chi connectivity index (χ2n) is 3.04. The Kier molecular flexibility index (Phi) is 6.67. The van der Waals surface area contributed by atoms with E-state index in [1.807, 2.05) is 0 Å². The largest absolute Gasteiger partial charge is 0.328 e. The lowest BCUT2D eigenvalue weighted by Crippen LogP contribution is -2.42. The number of rotatable bonds is 8. The smallest absolute Gasteiger partial charge is 0.164 e. The molecule has 0 amide bonds. The maximum Gasteiger partial charge on any atom is 0.164 e. The quantitative estimate of drug-likeness (QED) is 0.485. The first-order chi connectivity index (χ1) is 6.61. The van der Waals surface area contributed by atoms with Gasteiger partial charge in [-0.3, -0.25) is 4.79 Å². The number of carbonyl (C=O) groups excluding carboxylic acids is 1. The molecule has 1 unspecified atom stereocenters. The molecule has 0 aliphatic heterocycles. The molecule has 5 N–H and O–H groups in total. The number of hydrogen-bond donors (Lipinski definition) is 3. The molecule has 78 valence electrons. The van der Waals surface area contributed by atoms with Crippen molar-refractivity contribution in [2.45, 2.75) is 32.2 Å². The Morgan fingerprint density at radius 3 is 2.85 bits per heavy atom. The van der Waals surface area contributed by atoms with Gasteiger partial charge in [0.25, 0.3) is 0 Å². The number of ketones is 1. The first-order valence-corrected chi connectivity index (χ1v) is 4.75. The van der Waals surface area contributed by atoms with Gasteiger partial charge in [0, 0.05) is 7.92 Å². The van der Waals surface area contributed by atoms with Crippen molar-refractivity contribution < 1.29 is 6.17 Å². The van der Waals surface area contributed by atoms with Gasteiger partial charge in [0.15, 0.2) is 5.78 Å². The van der Waals surface area contributed by atoms with E-state index in [-0.39, 0.29) is 25.4 Å². The lowest BCUT2D eigenvalue weighted by molar-refractivity contribution is -0.119. The molecule has 0 spiro atoms. The Morgan fingerprint density at radius 2 is 2.31 bits per heavy atom. The van der Waals surface area contributed by atoms with Gasteiger partial charge in [-0.1, -0.05) is 19.8 Å². The second kappa shape index (κ2) is 8.16. The summed E-state index contributed by atoms with van der Waals surface area (Å²) >= 11 is 0. The molecule has 0 aliphatic rings. The number of Topliss-reactive ketones (excluding diaryl/α,β-unsaturated/α-hetero) is 1. The highest BCUT2D eigenvalue weighted by Crippen LogP contribution is 1.90. The van der Waals surface area contributed by atoms with Gasteiger partial charge < -0.3 is 16.8 Å². The fourth-order valence-corrected chi connectivity index (χ4v) is 0.844. The Morgan fingerprint density at radius 1 is 1.62 bits per heavy atom. The molecule has 0 saturated carbocycles. The van der Waals surface area contributed by atoms with E-state index in [0.717, 1.165) is 19.3 Å². The summed E-state index contributed by atoms with van der Waals surface area (Å²) in [5, 5.41) is 2.81. The van der Waals surface area contributed by atoms with Gasteiger partial charge in [0.05, 0.1) is 12.6 Å². The third-order valence-electron chi connectivity index (χ3n) is 1.79. The van der Waals surface area contributed by atoms with Crippen LogP contribution in [0.5, 0.6) is 0 Å². The highest BCUT2D eigenvalue weighted by Gasteiger charge is 2.09. The van der Waals surface area contributed by atoms with Crippen LogP contribution in [0, 0.1) is 0 Å².